The molecule has 4 fully saturated rings. The van der Waals surface area contributed by atoms with Gasteiger partial charge in [-0.2, -0.15) is 0 Å². The molecule has 6 rings (SSSR count). The lowest BCUT2D eigenvalue weighted by molar-refractivity contribution is -0.129. The van der Waals surface area contributed by atoms with Crippen molar-refractivity contribution in [1.29, 1.82) is 0 Å². The molecule has 1 amide bonds. The highest BCUT2D eigenvalue weighted by molar-refractivity contribution is 6.06. The number of aromatic amines is 1. The van der Waals surface area contributed by atoms with Gasteiger partial charge in [-0.3, -0.25) is 4.79 Å². The molecule has 26 heavy (non-hydrogen) atoms. The zero-order chi connectivity index (χ0) is 18.1. The van der Waals surface area contributed by atoms with E-state index < -0.39 is 5.60 Å². The Bertz CT molecular complexity index is 858. The maximum Gasteiger partial charge on any atom is 0.257 e. The highest BCUT2D eigenvalue weighted by Crippen LogP contribution is 2.56. The summed E-state index contributed by atoms with van der Waals surface area (Å²) in [4.78, 5) is 21.9. The Kier molecular flexibility index (Phi) is 3.38. The molecular formula is C20H26N4O2. The third-order valence-electron chi connectivity index (χ3n) is 6.78. The zero-order valence-electron chi connectivity index (χ0n) is 15.3. The molecule has 4 aliphatic carbocycles. The van der Waals surface area contributed by atoms with Crippen LogP contribution in [0.15, 0.2) is 18.5 Å². The van der Waals surface area contributed by atoms with Crippen molar-refractivity contribution in [3.63, 3.8) is 0 Å². The Morgan fingerprint density at radius 3 is 2.69 bits per heavy atom. The van der Waals surface area contributed by atoms with E-state index in [9.17, 15) is 9.90 Å². The zero-order valence-corrected chi connectivity index (χ0v) is 15.3. The van der Waals surface area contributed by atoms with Crippen LogP contribution in [0.2, 0.25) is 0 Å². The molecule has 138 valence electrons. The van der Waals surface area contributed by atoms with Gasteiger partial charge in [-0.05, 0) is 55.9 Å². The Hall–Kier alpha value is -2.08. The number of anilines is 1. The molecule has 6 heteroatoms. The summed E-state index contributed by atoms with van der Waals surface area (Å²) in [7, 11) is 3.54. The summed E-state index contributed by atoms with van der Waals surface area (Å²) in [6, 6.07) is 2.31. The fourth-order valence-electron chi connectivity index (χ4n) is 5.95. The molecule has 0 radical (unpaired) electrons. The molecule has 0 aliphatic heterocycles. The van der Waals surface area contributed by atoms with Gasteiger partial charge < -0.3 is 20.3 Å². The molecule has 3 N–H and O–H groups in total. The van der Waals surface area contributed by atoms with Gasteiger partial charge in [0.1, 0.15) is 5.65 Å². The number of rotatable bonds is 3. The second kappa shape index (κ2) is 5.46. The summed E-state index contributed by atoms with van der Waals surface area (Å²) in [6.45, 7) is 0. The molecule has 0 spiro atoms. The lowest BCUT2D eigenvalue weighted by Crippen LogP contribution is -2.59. The van der Waals surface area contributed by atoms with E-state index in [-0.39, 0.29) is 5.91 Å². The third-order valence-corrected chi connectivity index (χ3v) is 6.78. The van der Waals surface area contributed by atoms with E-state index in [0.29, 0.717) is 29.4 Å². The summed E-state index contributed by atoms with van der Waals surface area (Å²) >= 11 is 0. The standard InChI is InChI=1S/C20H26N4O2/c1-24(2)19(25)15-10-22-18-14(3-4-21-18)17(15)23-16-12-5-11-6-13(16)9-20(26,7-11)8-12/h3-4,10-13,16,26H,5-9H2,1-2H3,(H2,21,22,23)/t11?,12-,13+,16+,20-. The van der Waals surface area contributed by atoms with Crippen LogP contribution >= 0.6 is 0 Å². The van der Waals surface area contributed by atoms with Gasteiger partial charge in [0.15, 0.2) is 0 Å². The summed E-state index contributed by atoms with van der Waals surface area (Å²) in [5.74, 6) is 1.60. The quantitative estimate of drug-likeness (QED) is 0.791. The molecule has 2 aromatic heterocycles. The van der Waals surface area contributed by atoms with Crippen LogP contribution in [0.5, 0.6) is 0 Å². The Morgan fingerprint density at radius 2 is 2.04 bits per heavy atom. The normalized spacial score (nSPS) is 35.0. The van der Waals surface area contributed by atoms with E-state index in [2.05, 4.69) is 15.3 Å². The molecule has 4 saturated carbocycles. The van der Waals surface area contributed by atoms with Crippen LogP contribution in [0.1, 0.15) is 42.5 Å². The number of carbonyl (C=O) groups excluding carboxylic acids is 1. The monoisotopic (exact) mass is 354 g/mol. The predicted molar refractivity (Wildman–Crippen MR) is 100 cm³/mol. The van der Waals surface area contributed by atoms with Crippen molar-refractivity contribution in [3.05, 3.63) is 24.0 Å². The Balaban J connectivity index is 1.54. The summed E-state index contributed by atoms with van der Waals surface area (Å²) < 4.78 is 0. The van der Waals surface area contributed by atoms with Crippen molar-refractivity contribution in [1.82, 2.24) is 14.9 Å². The van der Waals surface area contributed by atoms with E-state index in [0.717, 1.165) is 36.0 Å². The minimum absolute atomic E-state index is 0.0365. The Labute approximate surface area is 153 Å². The third kappa shape index (κ3) is 2.35. The SMILES string of the molecule is CN(C)C(=O)c1cnc2[nH]ccc2c1N[C@H]1[C@@H]2CC3C[C@H]1C[C@@](O)(C3)C2. The fraction of sp³-hybridized carbons (Fsp3) is 0.600. The first-order valence-corrected chi connectivity index (χ1v) is 9.60. The van der Waals surface area contributed by atoms with Crippen molar-refractivity contribution >= 4 is 22.6 Å². The first-order chi connectivity index (χ1) is 12.4. The number of amides is 1. The molecule has 4 bridgehead atoms. The highest BCUT2D eigenvalue weighted by Gasteiger charge is 2.54. The molecule has 0 aromatic carbocycles. The molecule has 5 atom stereocenters. The molecule has 4 aliphatic rings. The highest BCUT2D eigenvalue weighted by atomic mass is 16.3. The molecule has 2 heterocycles. The van der Waals surface area contributed by atoms with Crippen molar-refractivity contribution < 1.29 is 9.90 Å². The van der Waals surface area contributed by atoms with Crippen LogP contribution in [-0.2, 0) is 0 Å². The minimum atomic E-state index is -0.446. The number of nitrogens with zero attached hydrogens (tertiary/aromatic N) is 2. The number of carbonyl (C=O) groups is 1. The molecule has 1 unspecified atom stereocenters. The maximum absolute atomic E-state index is 12.7. The molecule has 2 aromatic rings. The van der Waals surface area contributed by atoms with Crippen molar-refractivity contribution in [2.24, 2.45) is 17.8 Å². The van der Waals surface area contributed by atoms with Gasteiger partial charge in [0, 0.05) is 37.9 Å². The number of pyridine rings is 1. The van der Waals surface area contributed by atoms with Crippen LogP contribution in [0.3, 0.4) is 0 Å². The number of aliphatic hydroxyl groups is 1. The van der Waals surface area contributed by atoms with Crippen LogP contribution in [0.25, 0.3) is 11.0 Å². The van der Waals surface area contributed by atoms with Gasteiger partial charge in [0.25, 0.3) is 5.91 Å². The van der Waals surface area contributed by atoms with Crippen molar-refractivity contribution in [3.8, 4) is 0 Å². The average molecular weight is 354 g/mol. The number of aromatic nitrogens is 2. The number of hydrogen-bond donors (Lipinski definition) is 3. The second-order valence-corrected chi connectivity index (χ2v) is 8.85. The maximum atomic E-state index is 12.7. The number of hydrogen-bond acceptors (Lipinski definition) is 4. The predicted octanol–water partition coefficient (Wildman–Crippen LogP) is 2.62. The van der Waals surface area contributed by atoms with Gasteiger partial charge in [0.2, 0.25) is 0 Å². The van der Waals surface area contributed by atoms with Gasteiger partial charge in [-0.25, -0.2) is 4.98 Å². The van der Waals surface area contributed by atoms with Gasteiger partial charge in [-0.1, -0.05) is 0 Å². The Morgan fingerprint density at radius 1 is 1.31 bits per heavy atom. The van der Waals surface area contributed by atoms with E-state index in [1.807, 2.05) is 12.3 Å². The molecule has 0 saturated heterocycles. The number of fused-ring (bicyclic) bond motifs is 1. The topological polar surface area (TPSA) is 81.2 Å². The molecular weight excluding hydrogens is 328 g/mol. The average Bonchev–Trinajstić information content (AvgIpc) is 3.04. The van der Waals surface area contributed by atoms with E-state index in [4.69, 9.17) is 0 Å². The fourth-order valence-corrected chi connectivity index (χ4v) is 5.95. The number of H-pyrrole nitrogens is 1. The van der Waals surface area contributed by atoms with Gasteiger partial charge >= 0.3 is 0 Å². The van der Waals surface area contributed by atoms with Crippen molar-refractivity contribution in [2.75, 3.05) is 19.4 Å². The van der Waals surface area contributed by atoms with Gasteiger partial charge in [0.05, 0.1) is 16.9 Å². The summed E-state index contributed by atoms with van der Waals surface area (Å²) in [5.41, 5.74) is 1.86. The van der Waals surface area contributed by atoms with E-state index >= 15 is 0 Å². The number of nitrogens with one attached hydrogen (secondary N) is 2. The largest absolute Gasteiger partial charge is 0.390 e. The first-order valence-electron chi connectivity index (χ1n) is 9.60. The summed E-state index contributed by atoms with van der Waals surface area (Å²) in [6.07, 6.45) is 8.67. The van der Waals surface area contributed by atoms with E-state index in [1.165, 1.54) is 12.8 Å². The lowest BCUT2D eigenvalue weighted by atomic mass is 9.52. The second-order valence-electron chi connectivity index (χ2n) is 8.85. The first kappa shape index (κ1) is 16.1. The van der Waals surface area contributed by atoms with Crippen molar-refractivity contribution in [2.45, 2.75) is 43.7 Å². The van der Waals surface area contributed by atoms with Crippen LogP contribution < -0.4 is 5.32 Å². The summed E-state index contributed by atoms with van der Waals surface area (Å²) in [5, 5.41) is 15.6. The van der Waals surface area contributed by atoms with E-state index in [1.54, 1.807) is 25.2 Å². The van der Waals surface area contributed by atoms with Crippen LogP contribution in [0, 0.1) is 17.8 Å². The van der Waals surface area contributed by atoms with Crippen LogP contribution in [0.4, 0.5) is 5.69 Å². The molecule has 6 nitrogen and oxygen atoms in total. The smallest absolute Gasteiger partial charge is 0.257 e. The lowest BCUT2D eigenvalue weighted by Gasteiger charge is -2.58. The minimum Gasteiger partial charge on any atom is -0.390 e. The van der Waals surface area contributed by atoms with Gasteiger partial charge in [-0.15, -0.1) is 0 Å². The van der Waals surface area contributed by atoms with Crippen LogP contribution in [-0.4, -0.2) is 51.6 Å².